The average Bonchev–Trinajstić information content (AvgIpc) is 2.22. The lowest BCUT2D eigenvalue weighted by Crippen LogP contribution is -2.06. The van der Waals surface area contributed by atoms with Gasteiger partial charge in [0.15, 0.2) is 0 Å². The summed E-state index contributed by atoms with van der Waals surface area (Å²) in [6, 6.07) is 4.32. The van der Waals surface area contributed by atoms with E-state index in [2.05, 4.69) is 0 Å². The van der Waals surface area contributed by atoms with Crippen molar-refractivity contribution in [3.05, 3.63) is 34.6 Å². The van der Waals surface area contributed by atoms with Crippen molar-refractivity contribution >= 4 is 17.4 Å². The first-order valence-corrected chi connectivity index (χ1v) is 5.85. The van der Waals surface area contributed by atoms with E-state index < -0.39 is 0 Å². The number of carbonyl (C=O) groups is 1. The van der Waals surface area contributed by atoms with Crippen molar-refractivity contribution in [2.75, 3.05) is 0 Å². The zero-order valence-corrected chi connectivity index (χ0v) is 10.4. The van der Waals surface area contributed by atoms with E-state index in [1.54, 1.807) is 6.07 Å². The minimum atomic E-state index is -0.283. The second-order valence-electron chi connectivity index (χ2n) is 4.21. The molecule has 0 aromatic heterocycles. The van der Waals surface area contributed by atoms with Crippen LogP contribution >= 0.6 is 11.6 Å². The highest BCUT2D eigenvalue weighted by Crippen LogP contribution is 2.19. The van der Waals surface area contributed by atoms with Gasteiger partial charge in [0.25, 0.3) is 0 Å². The second-order valence-corrected chi connectivity index (χ2v) is 4.62. The number of carbonyl (C=O) groups excluding carboxylic acids is 1. The van der Waals surface area contributed by atoms with Crippen LogP contribution in [0.2, 0.25) is 5.02 Å². The highest BCUT2D eigenvalue weighted by Gasteiger charge is 2.08. The Hall–Kier alpha value is -0.890. The minimum absolute atomic E-state index is 0.0722. The summed E-state index contributed by atoms with van der Waals surface area (Å²) in [5.74, 6) is 0.0325. The molecule has 0 atom stereocenters. The van der Waals surface area contributed by atoms with Crippen LogP contribution in [0.25, 0.3) is 0 Å². The van der Waals surface area contributed by atoms with Crippen molar-refractivity contribution in [1.82, 2.24) is 0 Å². The first-order valence-electron chi connectivity index (χ1n) is 5.47. The van der Waals surface area contributed by atoms with Gasteiger partial charge in [0.05, 0.1) is 0 Å². The van der Waals surface area contributed by atoms with Crippen molar-refractivity contribution in [2.24, 2.45) is 5.92 Å². The summed E-state index contributed by atoms with van der Waals surface area (Å²) in [4.78, 5) is 11.4. The minimum Gasteiger partial charge on any atom is -0.299 e. The molecule has 88 valence electrons. The number of rotatable bonds is 5. The van der Waals surface area contributed by atoms with Gasteiger partial charge in [-0.25, -0.2) is 4.39 Å². The van der Waals surface area contributed by atoms with Crippen molar-refractivity contribution in [3.63, 3.8) is 0 Å². The summed E-state index contributed by atoms with van der Waals surface area (Å²) in [5.41, 5.74) is 0.776. The molecule has 0 aliphatic carbocycles. The Morgan fingerprint density at radius 3 is 2.75 bits per heavy atom. The third kappa shape index (κ3) is 3.93. The van der Waals surface area contributed by atoms with Crippen LogP contribution in [-0.4, -0.2) is 5.78 Å². The van der Waals surface area contributed by atoms with Gasteiger partial charge in [-0.05, 0) is 36.6 Å². The molecule has 1 aromatic carbocycles. The molecular formula is C13H16ClFO. The summed E-state index contributed by atoms with van der Waals surface area (Å²) >= 11 is 5.92. The van der Waals surface area contributed by atoms with E-state index in [4.69, 9.17) is 11.6 Å². The van der Waals surface area contributed by atoms with E-state index in [9.17, 15) is 9.18 Å². The smallest absolute Gasteiger partial charge is 0.135 e. The Kier molecular flexibility index (Phi) is 4.94. The molecule has 0 saturated carbocycles. The van der Waals surface area contributed by atoms with Crippen LogP contribution in [0.15, 0.2) is 18.2 Å². The summed E-state index contributed by atoms with van der Waals surface area (Å²) in [6.45, 7) is 3.77. The predicted molar refractivity (Wildman–Crippen MR) is 64.2 cm³/mol. The first kappa shape index (κ1) is 13.2. The van der Waals surface area contributed by atoms with Crippen LogP contribution in [-0.2, 0) is 11.2 Å². The average molecular weight is 243 g/mol. The van der Waals surface area contributed by atoms with Gasteiger partial charge >= 0.3 is 0 Å². The monoisotopic (exact) mass is 242 g/mol. The Balaban J connectivity index is 2.49. The molecule has 0 amide bonds. The lowest BCUT2D eigenvalue weighted by atomic mass is 10.0. The van der Waals surface area contributed by atoms with Crippen molar-refractivity contribution in [1.29, 1.82) is 0 Å². The molecule has 0 saturated heterocycles. The van der Waals surface area contributed by atoms with Gasteiger partial charge in [-0.2, -0.15) is 0 Å². The fourth-order valence-electron chi connectivity index (χ4n) is 1.48. The molecule has 0 aliphatic rings. The number of Topliss-reactive ketones (excluding diaryl/α,β-unsaturated/α-hetero) is 1. The second kappa shape index (κ2) is 6.00. The van der Waals surface area contributed by atoms with Crippen LogP contribution in [0.5, 0.6) is 0 Å². The van der Waals surface area contributed by atoms with E-state index in [0.29, 0.717) is 17.9 Å². The van der Waals surface area contributed by atoms with Gasteiger partial charge < -0.3 is 0 Å². The van der Waals surface area contributed by atoms with Crippen LogP contribution in [0.1, 0.15) is 32.3 Å². The Bertz CT molecular complexity index is 374. The van der Waals surface area contributed by atoms with Gasteiger partial charge in [0, 0.05) is 17.4 Å². The van der Waals surface area contributed by atoms with Crippen LogP contribution in [0.4, 0.5) is 4.39 Å². The van der Waals surface area contributed by atoms with Gasteiger partial charge in [0.1, 0.15) is 11.6 Å². The molecule has 0 aliphatic heterocycles. The normalized spacial score (nSPS) is 10.8. The van der Waals surface area contributed by atoms with E-state index in [0.717, 1.165) is 12.0 Å². The number of aryl methyl sites for hydroxylation is 1. The Labute approximate surface area is 101 Å². The fourth-order valence-corrected chi connectivity index (χ4v) is 1.69. The lowest BCUT2D eigenvalue weighted by Gasteiger charge is -2.05. The zero-order valence-electron chi connectivity index (χ0n) is 9.59. The third-order valence-electron chi connectivity index (χ3n) is 2.52. The standard InChI is InChI=1S/C13H16ClFO/c1-9(2)13(16)5-3-4-10-8-11(15)6-7-12(10)14/h6-9H,3-5H2,1-2H3. The molecule has 1 rings (SSSR count). The maximum absolute atomic E-state index is 12.9. The van der Waals surface area contributed by atoms with Gasteiger partial charge in [-0.1, -0.05) is 25.4 Å². The molecular weight excluding hydrogens is 227 g/mol. The summed E-state index contributed by atoms with van der Waals surface area (Å²) in [7, 11) is 0. The van der Waals surface area contributed by atoms with Crippen molar-refractivity contribution in [3.8, 4) is 0 Å². The quantitative estimate of drug-likeness (QED) is 0.762. The number of hydrogen-bond acceptors (Lipinski definition) is 1. The molecule has 0 bridgehead atoms. The fraction of sp³-hybridized carbons (Fsp3) is 0.462. The van der Waals surface area contributed by atoms with E-state index in [1.807, 2.05) is 13.8 Å². The highest BCUT2D eigenvalue weighted by molar-refractivity contribution is 6.31. The highest BCUT2D eigenvalue weighted by atomic mass is 35.5. The molecule has 1 nitrogen and oxygen atoms in total. The first-order chi connectivity index (χ1) is 7.50. The summed E-state index contributed by atoms with van der Waals surface area (Å²) < 4.78 is 12.9. The third-order valence-corrected chi connectivity index (χ3v) is 2.89. The Morgan fingerprint density at radius 2 is 2.12 bits per heavy atom. The number of ketones is 1. The van der Waals surface area contributed by atoms with E-state index in [-0.39, 0.29) is 17.5 Å². The van der Waals surface area contributed by atoms with E-state index >= 15 is 0 Å². The molecule has 0 spiro atoms. The number of benzene rings is 1. The molecule has 0 heterocycles. The number of halogens is 2. The molecule has 3 heteroatoms. The Morgan fingerprint density at radius 1 is 1.44 bits per heavy atom. The van der Waals surface area contributed by atoms with Crippen LogP contribution in [0, 0.1) is 11.7 Å². The van der Waals surface area contributed by atoms with Gasteiger partial charge in [0.2, 0.25) is 0 Å². The molecule has 0 N–H and O–H groups in total. The number of hydrogen-bond donors (Lipinski definition) is 0. The summed E-state index contributed by atoms with van der Waals surface area (Å²) in [5, 5.41) is 0.568. The SMILES string of the molecule is CC(C)C(=O)CCCc1cc(F)ccc1Cl. The lowest BCUT2D eigenvalue weighted by molar-refractivity contribution is -0.121. The molecule has 0 radical (unpaired) electrons. The molecule has 0 unspecified atom stereocenters. The van der Waals surface area contributed by atoms with Crippen molar-refractivity contribution in [2.45, 2.75) is 33.1 Å². The zero-order chi connectivity index (χ0) is 12.1. The molecule has 0 fully saturated rings. The maximum Gasteiger partial charge on any atom is 0.135 e. The summed E-state index contributed by atoms with van der Waals surface area (Å²) in [6.07, 6.45) is 1.90. The predicted octanol–water partition coefficient (Wildman–Crippen LogP) is 4.03. The van der Waals surface area contributed by atoms with Crippen molar-refractivity contribution < 1.29 is 9.18 Å². The van der Waals surface area contributed by atoms with Gasteiger partial charge in [-0.3, -0.25) is 4.79 Å². The van der Waals surface area contributed by atoms with Crippen LogP contribution < -0.4 is 0 Å². The molecule has 1 aromatic rings. The topological polar surface area (TPSA) is 17.1 Å². The maximum atomic E-state index is 12.9. The van der Waals surface area contributed by atoms with E-state index in [1.165, 1.54) is 12.1 Å². The molecule has 16 heavy (non-hydrogen) atoms. The van der Waals surface area contributed by atoms with Gasteiger partial charge in [-0.15, -0.1) is 0 Å². The largest absolute Gasteiger partial charge is 0.299 e. The van der Waals surface area contributed by atoms with Crippen LogP contribution in [0.3, 0.4) is 0 Å².